The highest BCUT2D eigenvalue weighted by atomic mass is 19.4. The molecule has 0 unspecified atom stereocenters. The lowest BCUT2D eigenvalue weighted by atomic mass is 9.96. The molecule has 1 aromatic carbocycles. The minimum Gasteiger partial charge on any atom is -0.452 e. The molecule has 1 saturated heterocycles. The molecule has 1 heterocycles. The number of hydrogen-bond donors (Lipinski definition) is 1. The summed E-state index contributed by atoms with van der Waals surface area (Å²) in [6.45, 7) is 1.79. The van der Waals surface area contributed by atoms with Crippen LogP contribution >= 0.6 is 0 Å². The van der Waals surface area contributed by atoms with E-state index in [9.17, 15) is 32.9 Å². The Labute approximate surface area is 152 Å². The number of benzene rings is 1. The first kappa shape index (κ1) is 20.5. The van der Waals surface area contributed by atoms with Gasteiger partial charge in [0.2, 0.25) is 0 Å². The lowest BCUT2D eigenvalue weighted by molar-refractivity contribution is -0.384. The molecule has 1 aliphatic heterocycles. The van der Waals surface area contributed by atoms with Crippen molar-refractivity contribution in [1.82, 2.24) is 0 Å². The Hall–Kier alpha value is -2.85. The first-order chi connectivity index (χ1) is 12.5. The summed E-state index contributed by atoms with van der Waals surface area (Å²) in [7, 11) is 0. The van der Waals surface area contributed by atoms with E-state index in [2.05, 4.69) is 0 Å². The third-order valence-corrected chi connectivity index (χ3v) is 4.36. The third kappa shape index (κ3) is 4.86. The van der Waals surface area contributed by atoms with Gasteiger partial charge in [0.05, 0.1) is 16.4 Å². The van der Waals surface area contributed by atoms with E-state index in [1.165, 1.54) is 6.92 Å². The van der Waals surface area contributed by atoms with Gasteiger partial charge in [-0.2, -0.15) is 13.2 Å². The molecule has 2 N–H and O–H groups in total. The molecule has 0 aliphatic carbocycles. The topological polar surface area (TPSA) is 116 Å². The number of nitro groups is 1. The van der Waals surface area contributed by atoms with Crippen LogP contribution in [0.25, 0.3) is 0 Å². The number of anilines is 1. The van der Waals surface area contributed by atoms with Crippen LogP contribution in [0.4, 0.5) is 24.5 Å². The second-order valence-corrected chi connectivity index (χ2v) is 6.20. The predicted octanol–water partition coefficient (Wildman–Crippen LogP) is 2.25. The number of esters is 1. The fourth-order valence-corrected chi connectivity index (χ4v) is 2.80. The molecular weight excluding hydrogens is 371 g/mol. The number of ether oxygens (including phenoxy) is 1. The summed E-state index contributed by atoms with van der Waals surface area (Å²) in [5, 5.41) is 11.2. The van der Waals surface area contributed by atoms with E-state index < -0.39 is 46.2 Å². The predicted molar refractivity (Wildman–Crippen MR) is 87.8 cm³/mol. The van der Waals surface area contributed by atoms with Crippen LogP contribution in [0, 0.1) is 16.0 Å². The van der Waals surface area contributed by atoms with Crippen LogP contribution in [-0.2, 0) is 20.5 Å². The van der Waals surface area contributed by atoms with E-state index in [0.717, 1.165) is 12.1 Å². The first-order valence-corrected chi connectivity index (χ1v) is 8.11. The Balaban J connectivity index is 2.10. The number of amides is 1. The molecule has 1 amide bonds. The maximum atomic E-state index is 12.8. The largest absolute Gasteiger partial charge is 0.452 e. The fourth-order valence-electron chi connectivity index (χ4n) is 2.80. The Morgan fingerprint density at radius 3 is 2.41 bits per heavy atom. The molecule has 0 aromatic heterocycles. The summed E-state index contributed by atoms with van der Waals surface area (Å²) < 4.78 is 43.3. The van der Waals surface area contributed by atoms with Crippen molar-refractivity contribution in [3.05, 3.63) is 33.9 Å². The summed E-state index contributed by atoms with van der Waals surface area (Å²) >= 11 is 0. The van der Waals surface area contributed by atoms with E-state index in [-0.39, 0.29) is 31.6 Å². The number of primary amides is 1. The summed E-state index contributed by atoms with van der Waals surface area (Å²) in [5.74, 6) is -1.89. The van der Waals surface area contributed by atoms with Gasteiger partial charge in [0, 0.05) is 19.2 Å². The van der Waals surface area contributed by atoms with E-state index in [4.69, 9.17) is 10.5 Å². The summed E-state index contributed by atoms with van der Waals surface area (Å²) in [6.07, 6.45) is -5.19. The number of hydrogen-bond acceptors (Lipinski definition) is 6. The van der Waals surface area contributed by atoms with E-state index in [1.807, 2.05) is 0 Å². The second-order valence-electron chi connectivity index (χ2n) is 6.20. The van der Waals surface area contributed by atoms with Gasteiger partial charge in [-0.1, -0.05) is 0 Å². The molecule has 0 bridgehead atoms. The van der Waals surface area contributed by atoms with Crippen molar-refractivity contribution in [2.45, 2.75) is 32.0 Å². The van der Waals surface area contributed by atoms with Gasteiger partial charge in [-0.3, -0.25) is 19.7 Å². The zero-order valence-corrected chi connectivity index (χ0v) is 14.4. The highest BCUT2D eigenvalue weighted by Crippen LogP contribution is 2.37. The number of piperidine rings is 1. The molecule has 1 fully saturated rings. The maximum Gasteiger partial charge on any atom is 0.416 e. The second kappa shape index (κ2) is 7.80. The van der Waals surface area contributed by atoms with Crippen molar-refractivity contribution >= 4 is 23.3 Å². The SMILES string of the molecule is C[C@H](OC(=O)C1CCN(c2ccc(C(F)(F)F)cc2[N+](=O)[O-])CC1)C(N)=O. The summed E-state index contributed by atoms with van der Waals surface area (Å²) in [4.78, 5) is 34.8. The molecule has 8 nitrogen and oxygen atoms in total. The van der Waals surface area contributed by atoms with Gasteiger partial charge in [-0.25, -0.2) is 0 Å². The number of rotatable bonds is 5. The van der Waals surface area contributed by atoms with Crippen molar-refractivity contribution in [1.29, 1.82) is 0 Å². The molecule has 2 rings (SSSR count). The van der Waals surface area contributed by atoms with Crippen LogP contribution in [0.1, 0.15) is 25.3 Å². The fraction of sp³-hybridized carbons (Fsp3) is 0.500. The molecule has 0 spiro atoms. The number of carbonyl (C=O) groups is 2. The smallest absolute Gasteiger partial charge is 0.416 e. The van der Waals surface area contributed by atoms with Crippen LogP contribution in [0.15, 0.2) is 18.2 Å². The quantitative estimate of drug-likeness (QED) is 0.469. The number of nitrogens with zero attached hydrogens (tertiary/aromatic N) is 2. The van der Waals surface area contributed by atoms with Crippen LogP contribution in [0.3, 0.4) is 0 Å². The molecule has 0 saturated carbocycles. The molecule has 27 heavy (non-hydrogen) atoms. The van der Waals surface area contributed by atoms with Gasteiger partial charge in [0.15, 0.2) is 6.10 Å². The monoisotopic (exact) mass is 389 g/mol. The van der Waals surface area contributed by atoms with Crippen LogP contribution in [-0.4, -0.2) is 36.0 Å². The average Bonchev–Trinajstić information content (AvgIpc) is 2.60. The normalized spacial score (nSPS) is 16.7. The number of halogens is 3. The van der Waals surface area contributed by atoms with Gasteiger partial charge >= 0.3 is 12.1 Å². The molecule has 11 heteroatoms. The zero-order chi connectivity index (χ0) is 20.4. The lowest BCUT2D eigenvalue weighted by Crippen LogP contribution is -2.39. The van der Waals surface area contributed by atoms with E-state index in [1.54, 1.807) is 4.90 Å². The maximum absolute atomic E-state index is 12.8. The summed E-state index contributed by atoms with van der Waals surface area (Å²) in [5.41, 5.74) is 3.35. The molecule has 1 atom stereocenters. The Morgan fingerprint density at radius 2 is 1.93 bits per heavy atom. The van der Waals surface area contributed by atoms with Crippen molar-refractivity contribution in [3.8, 4) is 0 Å². The van der Waals surface area contributed by atoms with Gasteiger partial charge < -0.3 is 15.4 Å². The van der Waals surface area contributed by atoms with Gasteiger partial charge in [0.1, 0.15) is 5.69 Å². The highest BCUT2D eigenvalue weighted by molar-refractivity contribution is 5.82. The molecule has 0 radical (unpaired) electrons. The van der Waals surface area contributed by atoms with Gasteiger partial charge in [-0.15, -0.1) is 0 Å². The minimum atomic E-state index is -4.68. The van der Waals surface area contributed by atoms with Crippen molar-refractivity contribution in [3.63, 3.8) is 0 Å². The van der Waals surface area contributed by atoms with Gasteiger partial charge in [0.25, 0.3) is 11.6 Å². The van der Waals surface area contributed by atoms with Gasteiger partial charge in [-0.05, 0) is 31.9 Å². The molecule has 1 aromatic rings. The van der Waals surface area contributed by atoms with Crippen molar-refractivity contribution < 1.29 is 32.4 Å². The van der Waals surface area contributed by atoms with Crippen molar-refractivity contribution in [2.75, 3.05) is 18.0 Å². The zero-order valence-electron chi connectivity index (χ0n) is 14.4. The summed E-state index contributed by atoms with van der Waals surface area (Å²) in [6, 6.07) is 2.36. The van der Waals surface area contributed by atoms with E-state index >= 15 is 0 Å². The Bertz CT molecular complexity index is 745. The Kier molecular flexibility index (Phi) is 5.91. The van der Waals surface area contributed by atoms with Crippen molar-refractivity contribution in [2.24, 2.45) is 11.7 Å². The van der Waals surface area contributed by atoms with Crippen LogP contribution in [0.2, 0.25) is 0 Å². The number of nitro benzene ring substituents is 1. The number of nitrogens with two attached hydrogens (primary N) is 1. The molecule has 148 valence electrons. The molecular formula is C16H18F3N3O5. The number of carbonyl (C=O) groups excluding carboxylic acids is 2. The third-order valence-electron chi connectivity index (χ3n) is 4.36. The minimum absolute atomic E-state index is 0.0605. The average molecular weight is 389 g/mol. The van der Waals surface area contributed by atoms with Crippen LogP contribution < -0.4 is 10.6 Å². The standard InChI is InChI=1S/C16H18F3N3O5/c1-9(14(20)23)27-15(24)10-4-6-21(7-5-10)12-3-2-11(16(17,18)19)8-13(12)22(25)26/h2-3,8-10H,4-7H2,1H3,(H2,20,23)/t9-/m0/s1. The first-order valence-electron chi connectivity index (χ1n) is 8.11. The number of alkyl halides is 3. The lowest BCUT2D eigenvalue weighted by Gasteiger charge is -2.32. The Morgan fingerprint density at radius 1 is 1.33 bits per heavy atom. The highest BCUT2D eigenvalue weighted by Gasteiger charge is 2.35. The van der Waals surface area contributed by atoms with Crippen LogP contribution in [0.5, 0.6) is 0 Å². The van der Waals surface area contributed by atoms with E-state index in [0.29, 0.717) is 6.07 Å². The molecule has 1 aliphatic rings.